The molecule has 3 atom stereocenters. The molecule has 2 fully saturated rings. The zero-order valence-corrected chi connectivity index (χ0v) is 15.3. The smallest absolute Gasteiger partial charge is 0.223 e. The minimum absolute atomic E-state index is 0.0380. The van der Waals surface area contributed by atoms with Crippen LogP contribution in [-0.4, -0.2) is 35.8 Å². The van der Waals surface area contributed by atoms with Gasteiger partial charge >= 0.3 is 0 Å². The Morgan fingerprint density at radius 3 is 2.69 bits per heavy atom. The second kappa shape index (κ2) is 8.64. The highest BCUT2D eigenvalue weighted by Crippen LogP contribution is 2.24. The second-order valence-corrected chi connectivity index (χ2v) is 7.78. The summed E-state index contributed by atoms with van der Waals surface area (Å²) in [6, 6.07) is 8.46. The summed E-state index contributed by atoms with van der Waals surface area (Å²) < 4.78 is 0. The van der Waals surface area contributed by atoms with Crippen molar-refractivity contribution in [2.24, 2.45) is 23.3 Å². The normalized spacial score (nSPS) is 26.6. The van der Waals surface area contributed by atoms with Crippen LogP contribution < -0.4 is 16.8 Å². The quantitative estimate of drug-likeness (QED) is 0.709. The molecule has 0 spiro atoms. The molecule has 1 aromatic carbocycles. The maximum absolute atomic E-state index is 12.2. The molecule has 0 bridgehead atoms. The monoisotopic (exact) mass is 358 g/mol. The van der Waals surface area contributed by atoms with Crippen molar-refractivity contribution in [1.82, 2.24) is 10.2 Å². The number of amides is 2. The molecule has 26 heavy (non-hydrogen) atoms. The third-order valence-corrected chi connectivity index (χ3v) is 5.62. The van der Waals surface area contributed by atoms with Gasteiger partial charge in [-0.3, -0.25) is 14.5 Å². The average Bonchev–Trinajstić information content (AvgIpc) is 3.07. The van der Waals surface area contributed by atoms with Crippen molar-refractivity contribution >= 4 is 11.8 Å². The van der Waals surface area contributed by atoms with Crippen LogP contribution in [0.1, 0.15) is 43.2 Å². The van der Waals surface area contributed by atoms with Gasteiger partial charge in [0.2, 0.25) is 11.8 Å². The molecule has 2 aliphatic rings. The maximum atomic E-state index is 12.2. The average molecular weight is 358 g/mol. The number of carbonyl (C=O) groups excluding carboxylic acids is 2. The minimum atomic E-state index is -0.196. The van der Waals surface area contributed by atoms with Gasteiger partial charge in [-0.2, -0.15) is 0 Å². The fraction of sp³-hybridized carbons (Fsp3) is 0.600. The molecule has 142 valence electrons. The van der Waals surface area contributed by atoms with Crippen LogP contribution in [-0.2, 0) is 22.7 Å². The standard InChI is InChI=1S/C20H30N4O2/c21-18-7-6-16(10-18)20(26)23-11-14-3-1-4-15(9-14)12-24-8-2-5-17(13-24)19(22)25/h1,3-4,9,16-18H,2,5-8,10-13,21H2,(H2,22,25)(H,23,26). The number of primary amides is 1. The number of nitrogens with zero attached hydrogens (tertiary/aromatic N) is 1. The van der Waals surface area contributed by atoms with E-state index in [1.54, 1.807) is 0 Å². The van der Waals surface area contributed by atoms with Crippen molar-refractivity contribution in [2.45, 2.75) is 51.2 Å². The van der Waals surface area contributed by atoms with E-state index >= 15 is 0 Å². The number of rotatable bonds is 6. The molecule has 1 aromatic rings. The van der Waals surface area contributed by atoms with E-state index in [9.17, 15) is 9.59 Å². The second-order valence-electron chi connectivity index (χ2n) is 7.78. The highest BCUT2D eigenvalue weighted by atomic mass is 16.2. The summed E-state index contributed by atoms with van der Waals surface area (Å²) in [6.45, 7) is 3.08. The van der Waals surface area contributed by atoms with Gasteiger partial charge in [-0.05, 0) is 49.8 Å². The Labute approximate surface area is 155 Å². The Morgan fingerprint density at radius 2 is 1.96 bits per heavy atom. The number of piperidine rings is 1. The van der Waals surface area contributed by atoms with Crippen LogP contribution in [0, 0.1) is 11.8 Å². The van der Waals surface area contributed by atoms with Gasteiger partial charge < -0.3 is 16.8 Å². The molecule has 3 rings (SSSR count). The van der Waals surface area contributed by atoms with Gasteiger partial charge in [-0.1, -0.05) is 24.3 Å². The Bertz CT molecular complexity index is 648. The summed E-state index contributed by atoms with van der Waals surface area (Å²) in [5, 5.41) is 3.05. The highest BCUT2D eigenvalue weighted by Gasteiger charge is 2.27. The van der Waals surface area contributed by atoms with Crippen molar-refractivity contribution in [3.63, 3.8) is 0 Å². The van der Waals surface area contributed by atoms with Crippen LogP contribution in [0.5, 0.6) is 0 Å². The Hall–Kier alpha value is -1.92. The largest absolute Gasteiger partial charge is 0.369 e. The van der Waals surface area contributed by atoms with Crippen LogP contribution >= 0.6 is 0 Å². The lowest BCUT2D eigenvalue weighted by molar-refractivity contribution is -0.125. The van der Waals surface area contributed by atoms with E-state index in [0.29, 0.717) is 6.54 Å². The molecule has 1 aliphatic carbocycles. The van der Waals surface area contributed by atoms with Crippen molar-refractivity contribution in [3.05, 3.63) is 35.4 Å². The lowest BCUT2D eigenvalue weighted by atomic mass is 9.97. The zero-order valence-electron chi connectivity index (χ0n) is 15.3. The minimum Gasteiger partial charge on any atom is -0.369 e. The number of likely N-dealkylation sites (tertiary alicyclic amines) is 1. The molecule has 0 radical (unpaired) electrons. The number of benzene rings is 1. The summed E-state index contributed by atoms with van der Waals surface area (Å²) in [4.78, 5) is 26.0. The molecule has 1 saturated heterocycles. The Kier molecular flexibility index (Phi) is 6.27. The van der Waals surface area contributed by atoms with E-state index in [-0.39, 0.29) is 29.7 Å². The van der Waals surface area contributed by atoms with Gasteiger partial charge in [0, 0.05) is 31.6 Å². The molecule has 6 nitrogen and oxygen atoms in total. The van der Waals surface area contributed by atoms with E-state index in [2.05, 4.69) is 22.3 Å². The SMILES string of the molecule is NC(=O)C1CCCN(Cc2cccc(CNC(=O)C3CCC(N)C3)c2)C1. The fourth-order valence-corrected chi connectivity index (χ4v) is 4.12. The van der Waals surface area contributed by atoms with E-state index in [1.165, 1.54) is 5.56 Å². The topological polar surface area (TPSA) is 101 Å². The van der Waals surface area contributed by atoms with Crippen molar-refractivity contribution in [1.29, 1.82) is 0 Å². The lowest BCUT2D eigenvalue weighted by Crippen LogP contribution is -2.40. The van der Waals surface area contributed by atoms with E-state index in [4.69, 9.17) is 11.5 Å². The number of hydrogen-bond donors (Lipinski definition) is 3. The van der Waals surface area contributed by atoms with Crippen molar-refractivity contribution < 1.29 is 9.59 Å². The fourth-order valence-electron chi connectivity index (χ4n) is 4.12. The molecule has 1 heterocycles. The summed E-state index contributed by atoms with van der Waals surface area (Å²) in [7, 11) is 0. The molecule has 2 amide bonds. The number of nitrogens with two attached hydrogens (primary N) is 2. The predicted octanol–water partition coefficient (Wildman–Crippen LogP) is 1.13. The van der Waals surface area contributed by atoms with Crippen molar-refractivity contribution in [2.75, 3.05) is 13.1 Å². The van der Waals surface area contributed by atoms with E-state index in [1.807, 2.05) is 12.1 Å². The molecule has 5 N–H and O–H groups in total. The summed E-state index contributed by atoms with van der Waals surface area (Å²) >= 11 is 0. The first-order valence-electron chi connectivity index (χ1n) is 9.64. The van der Waals surface area contributed by atoms with Crippen LogP contribution in [0.25, 0.3) is 0 Å². The Morgan fingerprint density at radius 1 is 1.15 bits per heavy atom. The summed E-state index contributed by atoms with van der Waals surface area (Å²) in [5.41, 5.74) is 13.7. The van der Waals surface area contributed by atoms with Gasteiger partial charge in [0.25, 0.3) is 0 Å². The first kappa shape index (κ1) is 18.9. The predicted molar refractivity (Wildman–Crippen MR) is 101 cm³/mol. The highest BCUT2D eigenvalue weighted by molar-refractivity contribution is 5.79. The number of hydrogen-bond acceptors (Lipinski definition) is 4. The first-order chi connectivity index (χ1) is 12.5. The molecule has 1 aliphatic heterocycles. The van der Waals surface area contributed by atoms with Gasteiger partial charge in [0.05, 0.1) is 5.92 Å². The third kappa shape index (κ3) is 5.05. The van der Waals surface area contributed by atoms with Crippen LogP contribution in [0.4, 0.5) is 0 Å². The molecule has 1 saturated carbocycles. The van der Waals surface area contributed by atoms with Gasteiger partial charge in [-0.15, -0.1) is 0 Å². The van der Waals surface area contributed by atoms with Crippen LogP contribution in [0.15, 0.2) is 24.3 Å². The molecule has 3 unspecified atom stereocenters. The number of carbonyl (C=O) groups is 2. The van der Waals surface area contributed by atoms with Gasteiger partial charge in [-0.25, -0.2) is 0 Å². The molecular formula is C20H30N4O2. The molecular weight excluding hydrogens is 328 g/mol. The summed E-state index contributed by atoms with van der Waals surface area (Å²) in [5.74, 6) is -0.0576. The van der Waals surface area contributed by atoms with Crippen molar-refractivity contribution in [3.8, 4) is 0 Å². The third-order valence-electron chi connectivity index (χ3n) is 5.62. The zero-order chi connectivity index (χ0) is 18.5. The van der Waals surface area contributed by atoms with E-state index < -0.39 is 0 Å². The summed E-state index contributed by atoms with van der Waals surface area (Å²) in [6.07, 6.45) is 4.52. The lowest BCUT2D eigenvalue weighted by Gasteiger charge is -2.31. The first-order valence-corrected chi connectivity index (χ1v) is 9.64. The number of nitrogens with one attached hydrogen (secondary N) is 1. The van der Waals surface area contributed by atoms with E-state index in [0.717, 1.165) is 57.3 Å². The van der Waals surface area contributed by atoms with Gasteiger partial charge in [0.1, 0.15) is 0 Å². The molecule has 6 heteroatoms. The Balaban J connectivity index is 1.51. The van der Waals surface area contributed by atoms with Gasteiger partial charge in [0.15, 0.2) is 0 Å². The van der Waals surface area contributed by atoms with Crippen LogP contribution in [0.3, 0.4) is 0 Å². The maximum Gasteiger partial charge on any atom is 0.223 e. The van der Waals surface area contributed by atoms with Crippen LogP contribution in [0.2, 0.25) is 0 Å². The molecule has 0 aromatic heterocycles.